The van der Waals surface area contributed by atoms with Gasteiger partial charge in [0.2, 0.25) is 0 Å². The van der Waals surface area contributed by atoms with E-state index in [9.17, 15) is 5.26 Å². The Hall–Kier alpha value is -5.13. The Labute approximate surface area is 244 Å². The van der Waals surface area contributed by atoms with Crippen LogP contribution in [0.25, 0.3) is 39.5 Å². The molecule has 0 saturated carbocycles. The summed E-state index contributed by atoms with van der Waals surface area (Å²) in [5.41, 5.74) is 8.93. The minimum atomic E-state index is 0.386. The highest BCUT2D eigenvalue weighted by Crippen LogP contribution is 2.33. The number of aromatic nitrogens is 6. The van der Waals surface area contributed by atoms with Crippen LogP contribution in [0, 0.1) is 18.3 Å². The molecule has 0 aliphatic carbocycles. The maximum absolute atomic E-state index is 9.24. The van der Waals surface area contributed by atoms with Crippen LogP contribution < -0.4 is 0 Å². The molecule has 2 aromatic carbocycles. The van der Waals surface area contributed by atoms with Crippen molar-refractivity contribution in [2.75, 3.05) is 13.1 Å². The zero-order valence-electron chi connectivity index (χ0n) is 23.4. The number of imidazole rings is 1. The molecule has 1 N–H and O–H groups in total. The van der Waals surface area contributed by atoms with E-state index in [4.69, 9.17) is 0 Å². The number of nitrogens with zero attached hydrogens (tertiary/aromatic N) is 7. The highest BCUT2D eigenvalue weighted by Gasteiger charge is 2.24. The average Bonchev–Trinajstić information content (AvgIpc) is 3.70. The van der Waals surface area contributed by atoms with Crippen molar-refractivity contribution in [1.29, 1.82) is 5.26 Å². The molecule has 1 aliphatic heterocycles. The van der Waals surface area contributed by atoms with Gasteiger partial charge in [-0.1, -0.05) is 54.6 Å². The zero-order chi connectivity index (χ0) is 28.5. The number of nitriles is 1. The molecule has 42 heavy (non-hydrogen) atoms. The van der Waals surface area contributed by atoms with Crippen molar-refractivity contribution in [3.8, 4) is 40.0 Å². The largest absolute Gasteiger partial charge is 0.323 e. The maximum atomic E-state index is 9.24. The molecule has 7 rings (SSSR count). The van der Waals surface area contributed by atoms with E-state index in [-0.39, 0.29) is 0 Å². The molecule has 0 amide bonds. The zero-order valence-corrected chi connectivity index (χ0v) is 23.4. The summed E-state index contributed by atoms with van der Waals surface area (Å²) in [7, 11) is 0. The summed E-state index contributed by atoms with van der Waals surface area (Å²) < 4.78 is 2.04. The van der Waals surface area contributed by atoms with Gasteiger partial charge in [-0.3, -0.25) is 9.30 Å². The molecule has 1 saturated heterocycles. The summed E-state index contributed by atoms with van der Waals surface area (Å²) in [6.45, 7) is 4.96. The van der Waals surface area contributed by atoms with E-state index in [1.54, 1.807) is 0 Å². The van der Waals surface area contributed by atoms with Crippen LogP contribution in [0.1, 0.15) is 41.4 Å². The predicted octanol–water partition coefficient (Wildman–Crippen LogP) is 6.41. The fourth-order valence-corrected chi connectivity index (χ4v) is 5.87. The molecule has 0 unspecified atom stereocenters. The second-order valence-corrected chi connectivity index (χ2v) is 10.9. The lowest BCUT2D eigenvalue weighted by atomic mass is 9.95. The fourth-order valence-electron chi connectivity index (χ4n) is 5.87. The first kappa shape index (κ1) is 25.8. The number of hydrogen-bond acceptors (Lipinski definition) is 6. The van der Waals surface area contributed by atoms with Gasteiger partial charge in [0.25, 0.3) is 0 Å². The monoisotopic (exact) mass is 550 g/mol. The molecule has 0 atom stereocenters. The van der Waals surface area contributed by atoms with Crippen LogP contribution in [0.5, 0.6) is 0 Å². The van der Waals surface area contributed by atoms with Crippen molar-refractivity contribution in [2.45, 2.75) is 32.2 Å². The van der Waals surface area contributed by atoms with Crippen LogP contribution in [0.15, 0.2) is 91.3 Å². The van der Waals surface area contributed by atoms with E-state index in [1.165, 1.54) is 11.1 Å². The van der Waals surface area contributed by atoms with Crippen LogP contribution in [0.4, 0.5) is 0 Å². The number of nitrogens with one attached hydrogen (secondary N) is 1. The molecule has 1 aliphatic rings. The number of aryl methyl sites for hydroxylation is 1. The lowest BCUT2D eigenvalue weighted by Crippen LogP contribution is -2.32. The molecule has 1 fully saturated rings. The number of piperidine rings is 1. The quantitative estimate of drug-likeness (QED) is 0.257. The van der Waals surface area contributed by atoms with Crippen LogP contribution in [0.3, 0.4) is 0 Å². The molecule has 0 radical (unpaired) electrons. The van der Waals surface area contributed by atoms with E-state index in [0.29, 0.717) is 11.5 Å². The number of aromatic amines is 1. The Balaban J connectivity index is 1.02. The lowest BCUT2D eigenvalue weighted by molar-refractivity contribution is 0.202. The Kier molecular flexibility index (Phi) is 6.78. The molecule has 0 bridgehead atoms. The van der Waals surface area contributed by atoms with Gasteiger partial charge in [-0.25, -0.2) is 9.97 Å². The van der Waals surface area contributed by atoms with Crippen molar-refractivity contribution < 1.29 is 0 Å². The van der Waals surface area contributed by atoms with Crippen LogP contribution in [-0.2, 0) is 6.54 Å². The highest BCUT2D eigenvalue weighted by atomic mass is 15.2. The summed E-state index contributed by atoms with van der Waals surface area (Å²) in [5, 5.41) is 18.1. The van der Waals surface area contributed by atoms with Gasteiger partial charge in [0.05, 0.1) is 23.5 Å². The lowest BCUT2D eigenvalue weighted by Gasteiger charge is -2.30. The van der Waals surface area contributed by atoms with Gasteiger partial charge in [0.1, 0.15) is 17.2 Å². The van der Waals surface area contributed by atoms with Gasteiger partial charge in [-0.05, 0) is 73.8 Å². The number of H-pyrrole nitrogens is 1. The van der Waals surface area contributed by atoms with E-state index in [0.717, 1.165) is 78.0 Å². The van der Waals surface area contributed by atoms with Crippen LogP contribution in [0.2, 0.25) is 0 Å². The van der Waals surface area contributed by atoms with Crippen molar-refractivity contribution in [3.63, 3.8) is 0 Å². The van der Waals surface area contributed by atoms with Gasteiger partial charge in [0, 0.05) is 29.9 Å². The number of hydrogen-bond donors (Lipinski definition) is 1. The third kappa shape index (κ3) is 5.06. The summed E-state index contributed by atoms with van der Waals surface area (Å²) >= 11 is 0. The van der Waals surface area contributed by atoms with Gasteiger partial charge in [-0.2, -0.15) is 5.26 Å². The fraction of sp³-hybridized carbons (Fsp3) is 0.206. The van der Waals surface area contributed by atoms with Crippen molar-refractivity contribution in [3.05, 3.63) is 114 Å². The standard InChI is InChI=1S/C34H30N8/c1-23-5-4-8-30(37-23)34-38-33(39-40-34)27-14-16-41(17-15-27)22-24-9-11-26(12-10-24)28-6-2-3-7-29(28)31-21-36-32-19-25(20-35)13-18-42(31)32/h2-13,18-19,21,27H,14-17,22H2,1H3,(H,38,39,40). The molecule has 8 nitrogen and oxygen atoms in total. The normalized spacial score (nSPS) is 14.3. The van der Waals surface area contributed by atoms with Crippen molar-refractivity contribution in [2.24, 2.45) is 0 Å². The summed E-state index contributed by atoms with van der Waals surface area (Å²) in [6, 6.07) is 29.1. The van der Waals surface area contributed by atoms with Gasteiger partial charge < -0.3 is 4.98 Å². The molecule has 5 heterocycles. The number of likely N-dealkylation sites (tertiary alicyclic amines) is 1. The smallest absolute Gasteiger partial charge is 0.180 e. The summed E-state index contributed by atoms with van der Waals surface area (Å²) in [5.74, 6) is 2.09. The maximum Gasteiger partial charge on any atom is 0.180 e. The predicted molar refractivity (Wildman–Crippen MR) is 162 cm³/mol. The van der Waals surface area contributed by atoms with E-state index < -0.39 is 0 Å². The first-order valence-corrected chi connectivity index (χ1v) is 14.3. The third-order valence-corrected chi connectivity index (χ3v) is 8.13. The van der Waals surface area contributed by atoms with E-state index >= 15 is 0 Å². The second-order valence-electron chi connectivity index (χ2n) is 10.9. The SMILES string of the molecule is Cc1cccc(-c2nnc(C3CCN(Cc4ccc(-c5ccccc5-c5cnc6cc(C#N)ccn56)cc4)CC3)[nH]2)n1. The first-order chi connectivity index (χ1) is 20.6. The Bertz CT molecular complexity index is 1900. The van der Waals surface area contributed by atoms with Crippen LogP contribution in [-0.4, -0.2) is 47.5 Å². The summed E-state index contributed by atoms with van der Waals surface area (Å²) in [4.78, 5) is 15.1. The second kappa shape index (κ2) is 11.0. The third-order valence-electron chi connectivity index (χ3n) is 8.13. The van der Waals surface area contributed by atoms with Crippen molar-refractivity contribution in [1.82, 2.24) is 34.4 Å². The van der Waals surface area contributed by atoms with Crippen molar-refractivity contribution >= 4 is 5.65 Å². The number of fused-ring (bicyclic) bond motifs is 1. The Morgan fingerprint density at radius 1 is 0.929 bits per heavy atom. The molecule has 206 valence electrons. The molecule has 6 aromatic rings. The molecule has 4 aromatic heterocycles. The van der Waals surface area contributed by atoms with Gasteiger partial charge >= 0.3 is 0 Å². The van der Waals surface area contributed by atoms with E-state index in [2.05, 4.69) is 84.6 Å². The molecular formula is C34H30N8. The van der Waals surface area contributed by atoms with Crippen LogP contribution >= 0.6 is 0 Å². The number of pyridine rings is 2. The highest BCUT2D eigenvalue weighted by molar-refractivity contribution is 5.83. The van der Waals surface area contributed by atoms with Gasteiger partial charge in [0.15, 0.2) is 5.82 Å². The number of benzene rings is 2. The minimum absolute atomic E-state index is 0.386. The minimum Gasteiger partial charge on any atom is -0.323 e. The molecule has 8 heteroatoms. The number of rotatable bonds is 6. The summed E-state index contributed by atoms with van der Waals surface area (Å²) in [6.07, 6.45) is 5.90. The van der Waals surface area contributed by atoms with E-state index in [1.807, 2.05) is 54.0 Å². The molecule has 0 spiro atoms. The molecular weight excluding hydrogens is 520 g/mol. The topological polar surface area (TPSA) is 98.8 Å². The first-order valence-electron chi connectivity index (χ1n) is 14.3. The van der Waals surface area contributed by atoms with Gasteiger partial charge in [-0.15, -0.1) is 10.2 Å². The average molecular weight is 551 g/mol. The Morgan fingerprint density at radius 3 is 2.52 bits per heavy atom. The Morgan fingerprint density at radius 2 is 1.74 bits per heavy atom.